The number of hydrogen-bond acceptors (Lipinski definition) is 2. The number of aromatic nitrogens is 1. The van der Waals surface area contributed by atoms with Crippen molar-refractivity contribution in [1.82, 2.24) is 4.98 Å². The fourth-order valence-corrected chi connectivity index (χ4v) is 2.64. The Kier molecular flexibility index (Phi) is 4.34. The summed E-state index contributed by atoms with van der Waals surface area (Å²) in [6.07, 6.45) is 3.51. The molecule has 0 aliphatic carbocycles. The molecule has 2 nitrogen and oxygen atoms in total. The van der Waals surface area contributed by atoms with Crippen LogP contribution in [0.3, 0.4) is 0 Å². The number of pyridine rings is 1. The second-order valence-electron chi connectivity index (χ2n) is 5.75. The van der Waals surface area contributed by atoms with Crippen LogP contribution in [0, 0.1) is 0 Å². The summed E-state index contributed by atoms with van der Waals surface area (Å²) in [4.78, 5) is 4.11. The summed E-state index contributed by atoms with van der Waals surface area (Å²) in [7, 11) is 0. The molecule has 0 radical (unpaired) electrons. The highest BCUT2D eigenvalue weighted by atomic mass is 35.5. The Morgan fingerprint density at radius 2 is 1.95 bits per heavy atom. The molecule has 0 bridgehead atoms. The van der Waals surface area contributed by atoms with Crippen LogP contribution in [0.1, 0.15) is 33.3 Å². The first kappa shape index (κ1) is 14.9. The molecule has 1 aromatic carbocycles. The van der Waals surface area contributed by atoms with E-state index >= 15 is 0 Å². The van der Waals surface area contributed by atoms with Crippen molar-refractivity contribution < 1.29 is 4.74 Å². The van der Waals surface area contributed by atoms with Gasteiger partial charge in [0.2, 0.25) is 0 Å². The van der Waals surface area contributed by atoms with Gasteiger partial charge in [-0.25, -0.2) is 0 Å². The van der Waals surface area contributed by atoms with Crippen molar-refractivity contribution in [2.45, 2.75) is 33.1 Å². The largest absolute Gasteiger partial charge is 0.492 e. The fraction of sp³-hybridized carbons (Fsp3) is 0.353. The summed E-state index contributed by atoms with van der Waals surface area (Å²) < 4.78 is 5.62. The van der Waals surface area contributed by atoms with Crippen LogP contribution < -0.4 is 4.74 Å². The molecule has 0 N–H and O–H groups in total. The normalized spacial score (nSPS) is 11.4. The highest BCUT2D eigenvalue weighted by Gasteiger charge is 2.18. The van der Waals surface area contributed by atoms with E-state index in [-0.39, 0.29) is 5.41 Å². The third kappa shape index (κ3) is 3.13. The van der Waals surface area contributed by atoms with Crippen molar-refractivity contribution in [3.8, 4) is 16.9 Å². The summed E-state index contributed by atoms with van der Waals surface area (Å²) in [6, 6.07) is 8.13. The molecular weight excluding hydrogens is 270 g/mol. The smallest absolute Gasteiger partial charge is 0.145 e. The second-order valence-corrected chi connectivity index (χ2v) is 6.16. The Labute approximate surface area is 125 Å². The van der Waals surface area contributed by atoms with Gasteiger partial charge >= 0.3 is 0 Å². The maximum atomic E-state index is 6.44. The Hall–Kier alpha value is -1.54. The van der Waals surface area contributed by atoms with Crippen LogP contribution in [0.2, 0.25) is 5.02 Å². The van der Waals surface area contributed by atoms with E-state index in [1.807, 2.05) is 19.1 Å². The van der Waals surface area contributed by atoms with Gasteiger partial charge < -0.3 is 4.74 Å². The minimum Gasteiger partial charge on any atom is -0.492 e. The summed E-state index contributed by atoms with van der Waals surface area (Å²) in [5.74, 6) is 0.787. The molecule has 106 valence electrons. The average Bonchev–Trinajstić information content (AvgIpc) is 2.38. The highest BCUT2D eigenvalue weighted by Crippen LogP contribution is 2.35. The molecule has 0 spiro atoms. The van der Waals surface area contributed by atoms with Crippen LogP contribution in [0.5, 0.6) is 5.75 Å². The van der Waals surface area contributed by atoms with Gasteiger partial charge in [0.15, 0.2) is 0 Å². The van der Waals surface area contributed by atoms with Crippen LogP contribution >= 0.6 is 11.6 Å². The van der Waals surface area contributed by atoms with Gasteiger partial charge in [0.1, 0.15) is 5.75 Å². The predicted molar refractivity (Wildman–Crippen MR) is 84.6 cm³/mol. The molecule has 0 aliphatic heterocycles. The third-order valence-corrected chi connectivity index (χ3v) is 3.49. The van der Waals surface area contributed by atoms with E-state index in [0.29, 0.717) is 6.61 Å². The van der Waals surface area contributed by atoms with E-state index in [1.54, 1.807) is 12.4 Å². The van der Waals surface area contributed by atoms with Crippen molar-refractivity contribution in [2.75, 3.05) is 6.61 Å². The molecule has 0 saturated heterocycles. The van der Waals surface area contributed by atoms with E-state index in [9.17, 15) is 0 Å². The van der Waals surface area contributed by atoms with Crippen molar-refractivity contribution in [2.24, 2.45) is 0 Å². The lowest BCUT2D eigenvalue weighted by Gasteiger charge is -2.21. The first-order chi connectivity index (χ1) is 9.43. The van der Waals surface area contributed by atoms with Gasteiger partial charge in [-0.3, -0.25) is 4.98 Å². The first-order valence-electron chi connectivity index (χ1n) is 6.80. The molecule has 0 saturated carbocycles. The molecule has 0 fully saturated rings. The maximum absolute atomic E-state index is 6.44. The zero-order valence-electron chi connectivity index (χ0n) is 12.4. The molecule has 0 atom stereocenters. The van der Waals surface area contributed by atoms with Gasteiger partial charge in [-0.2, -0.15) is 0 Å². The SMILES string of the molecule is CCOc1cnccc1-c1ccc(C(C)(C)C)c(Cl)c1. The van der Waals surface area contributed by atoms with E-state index in [0.717, 1.165) is 27.5 Å². The molecule has 3 heteroatoms. The van der Waals surface area contributed by atoms with Crippen LogP contribution in [0.25, 0.3) is 11.1 Å². The number of ether oxygens (including phenoxy) is 1. The lowest BCUT2D eigenvalue weighted by molar-refractivity contribution is 0.340. The molecule has 0 amide bonds. The average molecular weight is 290 g/mol. The second kappa shape index (κ2) is 5.84. The van der Waals surface area contributed by atoms with Gasteiger partial charge in [0.05, 0.1) is 12.8 Å². The zero-order chi connectivity index (χ0) is 14.8. The van der Waals surface area contributed by atoms with Crippen molar-refractivity contribution in [3.63, 3.8) is 0 Å². The van der Waals surface area contributed by atoms with Gasteiger partial charge in [-0.05, 0) is 35.6 Å². The van der Waals surface area contributed by atoms with E-state index in [1.165, 1.54) is 0 Å². The topological polar surface area (TPSA) is 22.1 Å². The number of halogens is 1. The number of benzene rings is 1. The van der Waals surface area contributed by atoms with Gasteiger partial charge in [-0.1, -0.05) is 44.5 Å². The highest BCUT2D eigenvalue weighted by molar-refractivity contribution is 6.31. The van der Waals surface area contributed by atoms with Crippen molar-refractivity contribution >= 4 is 11.6 Å². The number of hydrogen-bond donors (Lipinski definition) is 0. The lowest BCUT2D eigenvalue weighted by Crippen LogP contribution is -2.11. The van der Waals surface area contributed by atoms with Crippen LogP contribution in [-0.4, -0.2) is 11.6 Å². The lowest BCUT2D eigenvalue weighted by atomic mass is 9.86. The molecular formula is C17H20ClNO. The molecule has 2 rings (SSSR count). The molecule has 0 aliphatic rings. The van der Waals surface area contributed by atoms with E-state index < -0.39 is 0 Å². The Morgan fingerprint density at radius 3 is 2.55 bits per heavy atom. The maximum Gasteiger partial charge on any atom is 0.145 e. The predicted octanol–water partition coefficient (Wildman–Crippen LogP) is 5.10. The third-order valence-electron chi connectivity index (χ3n) is 3.17. The summed E-state index contributed by atoms with van der Waals surface area (Å²) in [5, 5.41) is 0.786. The quantitative estimate of drug-likeness (QED) is 0.784. The summed E-state index contributed by atoms with van der Waals surface area (Å²) in [5.41, 5.74) is 3.25. The van der Waals surface area contributed by atoms with Crippen LogP contribution in [0.4, 0.5) is 0 Å². The van der Waals surface area contributed by atoms with Gasteiger partial charge in [0.25, 0.3) is 0 Å². The van der Waals surface area contributed by atoms with E-state index in [2.05, 4.69) is 37.9 Å². The standard InChI is InChI=1S/C17H20ClNO/c1-5-20-16-11-19-9-8-13(16)12-6-7-14(15(18)10-12)17(2,3)4/h6-11H,5H2,1-4H3. The molecule has 0 unspecified atom stereocenters. The monoisotopic (exact) mass is 289 g/mol. The molecule has 20 heavy (non-hydrogen) atoms. The van der Waals surface area contributed by atoms with E-state index in [4.69, 9.17) is 16.3 Å². The van der Waals surface area contributed by atoms with Crippen molar-refractivity contribution in [3.05, 3.63) is 47.2 Å². The summed E-state index contributed by atoms with van der Waals surface area (Å²) >= 11 is 6.44. The Bertz CT molecular complexity index is 602. The van der Waals surface area contributed by atoms with Crippen LogP contribution in [-0.2, 0) is 5.41 Å². The fourth-order valence-electron chi connectivity index (χ4n) is 2.18. The molecule has 1 aromatic heterocycles. The molecule has 1 heterocycles. The number of nitrogens with zero attached hydrogens (tertiary/aromatic N) is 1. The minimum atomic E-state index is 0.0383. The Balaban J connectivity index is 2.47. The van der Waals surface area contributed by atoms with Gasteiger partial charge in [0, 0.05) is 16.8 Å². The minimum absolute atomic E-state index is 0.0383. The summed E-state index contributed by atoms with van der Waals surface area (Å²) in [6.45, 7) is 9.06. The zero-order valence-corrected chi connectivity index (χ0v) is 13.2. The van der Waals surface area contributed by atoms with Gasteiger partial charge in [-0.15, -0.1) is 0 Å². The van der Waals surface area contributed by atoms with Crippen molar-refractivity contribution in [1.29, 1.82) is 0 Å². The Morgan fingerprint density at radius 1 is 1.20 bits per heavy atom. The first-order valence-corrected chi connectivity index (χ1v) is 7.18. The van der Waals surface area contributed by atoms with Crippen LogP contribution in [0.15, 0.2) is 36.7 Å². The number of rotatable bonds is 3. The molecule has 2 aromatic rings.